The topological polar surface area (TPSA) is 52.0 Å². The maximum absolute atomic E-state index is 13.7. The van der Waals surface area contributed by atoms with Crippen molar-refractivity contribution in [3.63, 3.8) is 0 Å². The molecule has 3 heterocycles. The van der Waals surface area contributed by atoms with E-state index in [0.717, 1.165) is 33.7 Å². The molecule has 0 unspecified atom stereocenters. The molecule has 0 saturated heterocycles. The van der Waals surface area contributed by atoms with Gasteiger partial charge in [0, 0.05) is 21.7 Å². The van der Waals surface area contributed by atoms with Crippen LogP contribution in [-0.4, -0.2) is 14.8 Å². The Morgan fingerprint density at radius 2 is 1.74 bits per heavy atom. The fourth-order valence-corrected chi connectivity index (χ4v) is 4.56. The highest BCUT2D eigenvalue weighted by Gasteiger charge is 2.41. The maximum Gasteiger partial charge on any atom is 0.226 e. The van der Waals surface area contributed by atoms with Crippen LogP contribution in [0.2, 0.25) is 5.02 Å². The van der Waals surface area contributed by atoms with Crippen LogP contribution in [0.3, 0.4) is 0 Å². The van der Waals surface area contributed by atoms with Crippen molar-refractivity contribution in [2.45, 2.75) is 12.1 Å². The average Bonchev–Trinajstić information content (AvgIpc) is 3.27. The van der Waals surface area contributed by atoms with Crippen LogP contribution >= 0.6 is 11.6 Å². The molecule has 1 aromatic heterocycles. The number of hydrogen-bond donors (Lipinski definition) is 1. The van der Waals surface area contributed by atoms with Gasteiger partial charge in [0.25, 0.3) is 0 Å². The van der Waals surface area contributed by atoms with E-state index in [0.29, 0.717) is 11.0 Å². The van der Waals surface area contributed by atoms with Crippen molar-refractivity contribution in [2.24, 2.45) is 0 Å². The van der Waals surface area contributed by atoms with Crippen molar-refractivity contribution >= 4 is 23.2 Å². The van der Waals surface area contributed by atoms with Gasteiger partial charge in [-0.2, -0.15) is 10.1 Å². The van der Waals surface area contributed by atoms with Crippen molar-refractivity contribution in [2.75, 3.05) is 5.32 Å². The lowest BCUT2D eigenvalue weighted by molar-refractivity contribution is 0.223. The zero-order valence-electron chi connectivity index (χ0n) is 16.2. The number of rotatable bonds is 2. The number of nitrogens with zero attached hydrogens (tertiary/aromatic N) is 3. The van der Waals surface area contributed by atoms with Crippen LogP contribution < -0.4 is 10.1 Å². The zero-order valence-corrected chi connectivity index (χ0v) is 16.9. The van der Waals surface area contributed by atoms with Gasteiger partial charge in [-0.25, -0.2) is 9.07 Å². The molecule has 0 saturated carbocycles. The van der Waals surface area contributed by atoms with E-state index < -0.39 is 6.10 Å². The molecule has 2 aliphatic rings. The first kappa shape index (κ1) is 18.2. The normalized spacial score (nSPS) is 19.0. The van der Waals surface area contributed by atoms with Gasteiger partial charge in [0.05, 0.1) is 5.70 Å². The first-order valence-corrected chi connectivity index (χ1v) is 10.2. The molecule has 1 N–H and O–H groups in total. The third kappa shape index (κ3) is 2.83. The van der Waals surface area contributed by atoms with Gasteiger partial charge < -0.3 is 10.1 Å². The predicted molar refractivity (Wildman–Crippen MR) is 116 cm³/mol. The van der Waals surface area contributed by atoms with Gasteiger partial charge >= 0.3 is 0 Å². The lowest BCUT2D eigenvalue weighted by atomic mass is 9.84. The number of halogens is 2. The Morgan fingerprint density at radius 3 is 2.58 bits per heavy atom. The van der Waals surface area contributed by atoms with Crippen molar-refractivity contribution in [3.05, 3.63) is 112 Å². The second-order valence-corrected chi connectivity index (χ2v) is 7.86. The summed E-state index contributed by atoms with van der Waals surface area (Å²) in [5, 5.41) is 8.51. The molecular formula is C24H16ClFN4O. The Morgan fingerprint density at radius 1 is 0.968 bits per heavy atom. The van der Waals surface area contributed by atoms with Crippen molar-refractivity contribution in [1.29, 1.82) is 0 Å². The summed E-state index contributed by atoms with van der Waals surface area (Å²) in [6, 6.07) is 21.6. The van der Waals surface area contributed by atoms with Gasteiger partial charge in [-0.3, -0.25) is 0 Å². The predicted octanol–water partition coefficient (Wildman–Crippen LogP) is 5.63. The Kier molecular flexibility index (Phi) is 4.07. The quantitative estimate of drug-likeness (QED) is 0.447. The van der Waals surface area contributed by atoms with Crippen molar-refractivity contribution in [1.82, 2.24) is 14.8 Å². The van der Waals surface area contributed by atoms with Gasteiger partial charge in [-0.15, -0.1) is 0 Å². The third-order valence-electron chi connectivity index (χ3n) is 5.69. The number of aromatic nitrogens is 3. The highest BCUT2D eigenvalue weighted by atomic mass is 35.5. The van der Waals surface area contributed by atoms with Gasteiger partial charge in [0.2, 0.25) is 5.95 Å². The SMILES string of the molecule is Fc1ccc([C@@H]2C3=C(Nc4ncnn42)c2ccccc2O[C@H]3c2ccccc2Cl)cc1. The molecule has 3 aromatic carbocycles. The molecule has 5 nitrogen and oxygen atoms in total. The van der Waals surface area contributed by atoms with Crippen LogP contribution in [0.15, 0.2) is 84.7 Å². The molecular weight excluding hydrogens is 415 g/mol. The van der Waals surface area contributed by atoms with E-state index in [4.69, 9.17) is 16.3 Å². The van der Waals surface area contributed by atoms with E-state index in [9.17, 15) is 4.39 Å². The molecule has 152 valence electrons. The number of ether oxygens (including phenoxy) is 1. The number of nitrogens with one attached hydrogen (secondary N) is 1. The minimum Gasteiger partial charge on any atom is -0.480 e. The van der Waals surface area contributed by atoms with E-state index in [2.05, 4.69) is 15.4 Å². The second-order valence-electron chi connectivity index (χ2n) is 7.45. The van der Waals surface area contributed by atoms with Gasteiger partial charge in [-0.05, 0) is 35.9 Å². The largest absolute Gasteiger partial charge is 0.480 e. The Labute approximate surface area is 182 Å². The fourth-order valence-electron chi connectivity index (χ4n) is 4.33. The number of para-hydroxylation sites is 1. The van der Waals surface area contributed by atoms with E-state index in [1.54, 1.807) is 16.8 Å². The van der Waals surface area contributed by atoms with Crippen molar-refractivity contribution in [3.8, 4) is 5.75 Å². The van der Waals surface area contributed by atoms with Gasteiger partial charge in [0.15, 0.2) is 6.10 Å². The molecule has 0 aliphatic carbocycles. The molecule has 7 heteroatoms. The van der Waals surface area contributed by atoms with E-state index >= 15 is 0 Å². The molecule has 0 amide bonds. The first-order chi connectivity index (χ1) is 15.2. The summed E-state index contributed by atoms with van der Waals surface area (Å²) in [6.07, 6.45) is 1.05. The summed E-state index contributed by atoms with van der Waals surface area (Å²) in [7, 11) is 0. The van der Waals surface area contributed by atoms with Crippen LogP contribution in [0.25, 0.3) is 5.70 Å². The third-order valence-corrected chi connectivity index (χ3v) is 6.04. The first-order valence-electron chi connectivity index (χ1n) is 9.87. The molecule has 0 bridgehead atoms. The van der Waals surface area contributed by atoms with Crippen molar-refractivity contribution < 1.29 is 9.13 Å². The molecule has 31 heavy (non-hydrogen) atoms. The molecule has 6 rings (SSSR count). The molecule has 4 aromatic rings. The molecule has 0 fully saturated rings. The molecule has 0 spiro atoms. The zero-order chi connectivity index (χ0) is 20.9. The lowest BCUT2D eigenvalue weighted by Gasteiger charge is -2.39. The van der Waals surface area contributed by atoms with Crippen LogP contribution in [-0.2, 0) is 0 Å². The van der Waals surface area contributed by atoms with Crippen LogP contribution in [0, 0.1) is 5.82 Å². The minimum absolute atomic E-state index is 0.293. The molecule has 2 aliphatic heterocycles. The van der Waals surface area contributed by atoms with Crippen LogP contribution in [0.4, 0.5) is 10.3 Å². The maximum atomic E-state index is 13.7. The summed E-state index contributed by atoms with van der Waals surface area (Å²) in [5.41, 5.74) is 4.51. The number of anilines is 1. The monoisotopic (exact) mass is 430 g/mol. The highest BCUT2D eigenvalue weighted by molar-refractivity contribution is 6.31. The number of benzene rings is 3. The highest BCUT2D eigenvalue weighted by Crippen LogP contribution is 2.51. The summed E-state index contributed by atoms with van der Waals surface area (Å²) in [5.74, 6) is 1.07. The lowest BCUT2D eigenvalue weighted by Crippen LogP contribution is -2.32. The number of fused-ring (bicyclic) bond motifs is 3. The summed E-state index contributed by atoms with van der Waals surface area (Å²) in [6.45, 7) is 0. The van der Waals surface area contributed by atoms with E-state index in [-0.39, 0.29) is 11.9 Å². The van der Waals surface area contributed by atoms with Gasteiger partial charge in [-0.1, -0.05) is 54.1 Å². The average molecular weight is 431 g/mol. The van der Waals surface area contributed by atoms with E-state index in [1.165, 1.54) is 18.5 Å². The van der Waals surface area contributed by atoms with Crippen LogP contribution in [0.5, 0.6) is 5.75 Å². The smallest absolute Gasteiger partial charge is 0.226 e. The summed E-state index contributed by atoms with van der Waals surface area (Å²) >= 11 is 6.60. The Bertz CT molecular complexity index is 1330. The molecule has 0 radical (unpaired) electrons. The number of hydrogen-bond acceptors (Lipinski definition) is 4. The Balaban J connectivity index is 1.65. The van der Waals surface area contributed by atoms with Gasteiger partial charge in [0.1, 0.15) is 23.9 Å². The Hall–Kier alpha value is -3.64. The summed E-state index contributed by atoms with van der Waals surface area (Å²) < 4.78 is 22.0. The van der Waals surface area contributed by atoms with Crippen LogP contribution in [0.1, 0.15) is 28.8 Å². The second kappa shape index (κ2) is 6.96. The standard InChI is InChI=1S/C24H16ClFN4O/c25-18-7-3-1-5-16(18)23-20-21(17-6-2-4-8-19(17)31-23)29-24-27-13-28-30(24)22(20)14-9-11-15(26)12-10-14/h1-13,22-23H,(H,27,28,29)/t22-,23+/m1/s1. The van der Waals surface area contributed by atoms with E-state index in [1.807, 2.05) is 48.5 Å². The fraction of sp³-hybridized carbons (Fsp3) is 0.0833. The minimum atomic E-state index is -0.460. The summed E-state index contributed by atoms with van der Waals surface area (Å²) in [4.78, 5) is 4.39. The molecule has 2 atom stereocenters.